The first-order valence-corrected chi connectivity index (χ1v) is 7.00. The third-order valence-corrected chi connectivity index (χ3v) is 3.35. The molecule has 0 amide bonds. The molecule has 1 heterocycles. The first kappa shape index (κ1) is 13.5. The van der Waals surface area contributed by atoms with Crippen molar-refractivity contribution in [2.45, 2.75) is 6.42 Å². The molecule has 1 N–H and O–H groups in total. The van der Waals surface area contributed by atoms with E-state index >= 15 is 0 Å². The van der Waals surface area contributed by atoms with E-state index in [2.05, 4.69) is 21.5 Å². The van der Waals surface area contributed by atoms with Gasteiger partial charge in [-0.1, -0.05) is 53.7 Å². The van der Waals surface area contributed by atoms with Crippen molar-refractivity contribution in [2.24, 2.45) is 0 Å². The summed E-state index contributed by atoms with van der Waals surface area (Å²) in [7, 11) is 1.95. The predicted octanol–water partition coefficient (Wildman–Crippen LogP) is 3.17. The van der Waals surface area contributed by atoms with Gasteiger partial charge in [0.05, 0.1) is 0 Å². The van der Waals surface area contributed by atoms with Gasteiger partial charge in [0.1, 0.15) is 0 Å². The van der Waals surface area contributed by atoms with E-state index in [0.717, 1.165) is 24.1 Å². The molecule has 4 nitrogen and oxygen atoms in total. The molecule has 3 aromatic rings. The van der Waals surface area contributed by atoms with Gasteiger partial charge < -0.3 is 9.84 Å². The zero-order valence-corrected chi connectivity index (χ0v) is 11.9. The fourth-order valence-corrected chi connectivity index (χ4v) is 2.24. The highest BCUT2D eigenvalue weighted by atomic mass is 16.5. The third kappa shape index (κ3) is 3.01. The summed E-state index contributed by atoms with van der Waals surface area (Å²) in [6.07, 6.45) is 0.926. The standard InChI is InChI=1S/C17H17N3O/c1-18-12-11-13-7-5-6-10-15(13)17-19-16(20-21-17)14-8-3-2-4-9-14/h2-10,18H,11-12H2,1H3. The molecule has 0 unspecified atom stereocenters. The number of nitrogens with zero attached hydrogens (tertiary/aromatic N) is 2. The van der Waals surface area contributed by atoms with Gasteiger partial charge in [0, 0.05) is 11.1 Å². The quantitative estimate of drug-likeness (QED) is 0.779. The van der Waals surface area contributed by atoms with Crippen LogP contribution in [-0.2, 0) is 6.42 Å². The molecule has 0 atom stereocenters. The zero-order valence-electron chi connectivity index (χ0n) is 11.9. The van der Waals surface area contributed by atoms with E-state index in [1.807, 2.05) is 55.6 Å². The Bertz CT molecular complexity index is 707. The lowest BCUT2D eigenvalue weighted by molar-refractivity contribution is 0.432. The van der Waals surface area contributed by atoms with Gasteiger partial charge in [0.2, 0.25) is 5.82 Å². The molecular formula is C17H17N3O. The summed E-state index contributed by atoms with van der Waals surface area (Å²) in [5.41, 5.74) is 3.16. The van der Waals surface area contributed by atoms with Crippen LogP contribution in [0.5, 0.6) is 0 Å². The molecule has 0 aliphatic heterocycles. The molecule has 0 aliphatic carbocycles. The van der Waals surface area contributed by atoms with Crippen molar-refractivity contribution in [1.82, 2.24) is 15.5 Å². The van der Waals surface area contributed by atoms with Gasteiger partial charge in [0.15, 0.2) is 0 Å². The fourth-order valence-electron chi connectivity index (χ4n) is 2.24. The van der Waals surface area contributed by atoms with Gasteiger partial charge in [-0.05, 0) is 31.6 Å². The van der Waals surface area contributed by atoms with E-state index in [0.29, 0.717) is 11.7 Å². The molecule has 0 bridgehead atoms. The molecule has 4 heteroatoms. The summed E-state index contributed by atoms with van der Waals surface area (Å²) in [5.74, 6) is 1.19. The van der Waals surface area contributed by atoms with Gasteiger partial charge in [0.25, 0.3) is 5.89 Å². The maximum atomic E-state index is 5.44. The van der Waals surface area contributed by atoms with E-state index in [1.54, 1.807) is 0 Å². The fraction of sp³-hybridized carbons (Fsp3) is 0.176. The number of hydrogen-bond acceptors (Lipinski definition) is 4. The van der Waals surface area contributed by atoms with Crippen LogP contribution < -0.4 is 5.32 Å². The number of nitrogens with one attached hydrogen (secondary N) is 1. The largest absolute Gasteiger partial charge is 0.334 e. The Balaban J connectivity index is 1.93. The van der Waals surface area contributed by atoms with Crippen LogP contribution >= 0.6 is 0 Å². The molecule has 1 aromatic heterocycles. The topological polar surface area (TPSA) is 51.0 Å². The molecule has 0 saturated heterocycles. The average molecular weight is 279 g/mol. The van der Waals surface area contributed by atoms with E-state index in [9.17, 15) is 0 Å². The van der Waals surface area contributed by atoms with Crippen molar-refractivity contribution in [3.63, 3.8) is 0 Å². The zero-order chi connectivity index (χ0) is 14.5. The first-order valence-electron chi connectivity index (χ1n) is 7.00. The molecule has 3 rings (SSSR count). The van der Waals surface area contributed by atoms with Crippen molar-refractivity contribution in [3.8, 4) is 22.8 Å². The van der Waals surface area contributed by atoms with Crippen molar-refractivity contribution < 1.29 is 4.52 Å². The Morgan fingerprint density at radius 1 is 1.00 bits per heavy atom. The van der Waals surface area contributed by atoms with E-state index in [1.165, 1.54) is 5.56 Å². The van der Waals surface area contributed by atoms with Crippen LogP contribution in [0.4, 0.5) is 0 Å². The monoisotopic (exact) mass is 279 g/mol. The van der Waals surface area contributed by atoms with E-state index < -0.39 is 0 Å². The van der Waals surface area contributed by atoms with Gasteiger partial charge >= 0.3 is 0 Å². The summed E-state index contributed by atoms with van der Waals surface area (Å²) >= 11 is 0. The summed E-state index contributed by atoms with van der Waals surface area (Å²) in [6.45, 7) is 0.913. The molecule has 0 spiro atoms. The highest BCUT2D eigenvalue weighted by molar-refractivity contribution is 5.62. The number of aromatic nitrogens is 2. The average Bonchev–Trinajstić information content (AvgIpc) is 3.04. The SMILES string of the molecule is CNCCc1ccccc1-c1nc(-c2ccccc2)no1. The van der Waals surface area contributed by atoms with Gasteiger partial charge in [-0.3, -0.25) is 0 Å². The molecule has 106 valence electrons. The smallest absolute Gasteiger partial charge is 0.258 e. The molecule has 2 aromatic carbocycles. The van der Waals surface area contributed by atoms with Crippen LogP contribution in [0.3, 0.4) is 0 Å². The van der Waals surface area contributed by atoms with Crippen LogP contribution in [0.2, 0.25) is 0 Å². The Labute approximate surface area is 123 Å². The number of likely N-dealkylation sites (N-methyl/N-ethyl adjacent to an activating group) is 1. The van der Waals surface area contributed by atoms with E-state index in [-0.39, 0.29) is 0 Å². The summed E-state index contributed by atoms with van der Waals surface area (Å²) in [6, 6.07) is 18.0. The minimum atomic E-state index is 0.570. The van der Waals surface area contributed by atoms with Crippen molar-refractivity contribution in [1.29, 1.82) is 0 Å². The van der Waals surface area contributed by atoms with Gasteiger partial charge in [-0.15, -0.1) is 0 Å². The number of benzene rings is 2. The Morgan fingerprint density at radius 3 is 2.57 bits per heavy atom. The van der Waals surface area contributed by atoms with Crippen LogP contribution in [0.25, 0.3) is 22.8 Å². The Hall–Kier alpha value is -2.46. The second-order valence-corrected chi connectivity index (χ2v) is 4.80. The second kappa shape index (κ2) is 6.33. The lowest BCUT2D eigenvalue weighted by atomic mass is 10.0. The number of rotatable bonds is 5. The molecule has 0 aliphatic rings. The number of hydrogen-bond donors (Lipinski definition) is 1. The summed E-state index contributed by atoms with van der Waals surface area (Å²) in [4.78, 5) is 4.52. The minimum absolute atomic E-state index is 0.570. The highest BCUT2D eigenvalue weighted by Crippen LogP contribution is 2.25. The van der Waals surface area contributed by atoms with Crippen LogP contribution in [0, 0.1) is 0 Å². The molecule has 0 saturated carbocycles. The van der Waals surface area contributed by atoms with Crippen LogP contribution in [0.1, 0.15) is 5.56 Å². The highest BCUT2D eigenvalue weighted by Gasteiger charge is 2.13. The second-order valence-electron chi connectivity index (χ2n) is 4.80. The van der Waals surface area contributed by atoms with Gasteiger partial charge in [-0.2, -0.15) is 4.98 Å². The van der Waals surface area contributed by atoms with Crippen molar-refractivity contribution >= 4 is 0 Å². The normalized spacial score (nSPS) is 10.7. The van der Waals surface area contributed by atoms with Crippen molar-refractivity contribution in [2.75, 3.05) is 13.6 Å². The minimum Gasteiger partial charge on any atom is -0.334 e. The van der Waals surface area contributed by atoms with Crippen LogP contribution in [0.15, 0.2) is 59.1 Å². The Morgan fingerprint density at radius 2 is 1.76 bits per heavy atom. The predicted molar refractivity (Wildman–Crippen MR) is 82.8 cm³/mol. The third-order valence-electron chi connectivity index (χ3n) is 3.35. The van der Waals surface area contributed by atoms with E-state index in [4.69, 9.17) is 4.52 Å². The first-order chi connectivity index (χ1) is 10.4. The molecular weight excluding hydrogens is 262 g/mol. The van der Waals surface area contributed by atoms with Crippen molar-refractivity contribution in [3.05, 3.63) is 60.2 Å². The lowest BCUT2D eigenvalue weighted by Gasteiger charge is -2.05. The maximum absolute atomic E-state index is 5.44. The molecule has 21 heavy (non-hydrogen) atoms. The molecule has 0 radical (unpaired) electrons. The Kier molecular flexibility index (Phi) is 4.07. The van der Waals surface area contributed by atoms with Crippen LogP contribution in [-0.4, -0.2) is 23.7 Å². The molecule has 0 fully saturated rings. The summed E-state index contributed by atoms with van der Waals surface area (Å²) in [5, 5.41) is 7.24. The maximum Gasteiger partial charge on any atom is 0.258 e. The summed E-state index contributed by atoms with van der Waals surface area (Å²) < 4.78 is 5.44. The lowest BCUT2D eigenvalue weighted by Crippen LogP contribution is -2.10. The van der Waals surface area contributed by atoms with Gasteiger partial charge in [-0.25, -0.2) is 0 Å².